The smallest absolute Gasteiger partial charge is 0.337 e. The summed E-state index contributed by atoms with van der Waals surface area (Å²) in [4.78, 5) is 21.2. The van der Waals surface area contributed by atoms with Gasteiger partial charge in [-0.3, -0.25) is 4.99 Å². The number of ether oxygens (including phenoxy) is 2. The molecule has 52 heavy (non-hydrogen) atoms. The Hall–Kier alpha value is -3.83. The Bertz CT molecular complexity index is 1420. The van der Waals surface area contributed by atoms with E-state index in [2.05, 4.69) is 118 Å². The molecule has 0 fully saturated rings. The molecule has 0 saturated carbocycles. The van der Waals surface area contributed by atoms with Crippen molar-refractivity contribution in [3.05, 3.63) is 107 Å². The molecule has 0 aliphatic rings. The van der Waals surface area contributed by atoms with E-state index in [9.17, 15) is 4.79 Å². The molecule has 6 nitrogen and oxygen atoms in total. The minimum Gasteiger partial charge on any atom is -0.465 e. The molecule has 1 rings (SSSR count). The normalized spacial score (nSPS) is 12.9. The van der Waals surface area contributed by atoms with Crippen LogP contribution in [-0.4, -0.2) is 69.8 Å². The maximum absolute atomic E-state index is 11.8. The van der Waals surface area contributed by atoms with Crippen molar-refractivity contribution in [1.82, 2.24) is 10.2 Å². The Labute approximate surface area is 323 Å². The number of likely N-dealkylation sites (N-methyl/N-ethyl adjacent to an activating group) is 1. The van der Waals surface area contributed by atoms with Crippen LogP contribution in [0.3, 0.4) is 0 Å². The molecule has 0 bridgehead atoms. The number of allylic oxidation sites excluding steroid dienone is 6. The van der Waals surface area contributed by atoms with Gasteiger partial charge >= 0.3 is 5.97 Å². The molecule has 0 saturated heterocycles. The Morgan fingerprint density at radius 2 is 1.85 bits per heavy atom. The largest absolute Gasteiger partial charge is 0.465 e. The van der Waals surface area contributed by atoms with Gasteiger partial charge < -0.3 is 19.7 Å². The third kappa shape index (κ3) is 20.3. The van der Waals surface area contributed by atoms with Crippen molar-refractivity contribution in [2.45, 2.75) is 93.1 Å². The topological polar surface area (TPSA) is 63.2 Å². The fourth-order valence-electron chi connectivity index (χ4n) is 4.63. The number of benzene rings is 1. The number of carbonyl (C=O) groups excluding carboxylic acids is 1. The highest BCUT2D eigenvalue weighted by molar-refractivity contribution is 8.03. The molecular formula is C45H69N3O3S. The number of nitrogens with zero attached hydrogens (tertiary/aromatic N) is 2. The summed E-state index contributed by atoms with van der Waals surface area (Å²) in [6, 6.07) is 6.71. The SMILES string of the molecule is C#CC(/C=C(\C=C)C(=O)OC)OCC(C)CCN(CC)C(/C=C\CNCC(Sc1ccc(C(/C=C\C=C)=C/CC)cc1C)=C(C)C)=NC.CC.CC. The van der Waals surface area contributed by atoms with E-state index in [4.69, 9.17) is 15.9 Å². The molecule has 1 N–H and O–H groups in total. The average Bonchev–Trinajstić information content (AvgIpc) is 3.16. The number of thioether (sulfide) groups is 1. The molecule has 2 unspecified atom stereocenters. The number of terminal acetylenes is 1. The number of aryl methyl sites for hydroxylation is 1. The maximum Gasteiger partial charge on any atom is 0.337 e. The number of rotatable bonds is 21. The van der Waals surface area contributed by atoms with Gasteiger partial charge in [0.15, 0.2) is 0 Å². The lowest BCUT2D eigenvalue weighted by Crippen LogP contribution is -2.32. The molecule has 7 heteroatoms. The molecular weight excluding hydrogens is 663 g/mol. The van der Waals surface area contributed by atoms with Gasteiger partial charge in [0.2, 0.25) is 0 Å². The summed E-state index contributed by atoms with van der Waals surface area (Å²) in [5, 5.41) is 3.58. The highest BCUT2D eigenvalue weighted by Crippen LogP contribution is 2.33. The number of esters is 1. The van der Waals surface area contributed by atoms with E-state index >= 15 is 0 Å². The van der Waals surface area contributed by atoms with E-state index in [-0.39, 0.29) is 5.92 Å². The van der Waals surface area contributed by atoms with Crippen LogP contribution >= 0.6 is 11.8 Å². The number of amidine groups is 1. The molecule has 288 valence electrons. The maximum atomic E-state index is 11.8. The van der Waals surface area contributed by atoms with Crippen LogP contribution in [0.4, 0.5) is 0 Å². The number of carbonyl (C=O) groups is 1. The summed E-state index contributed by atoms with van der Waals surface area (Å²) >= 11 is 1.83. The third-order valence-corrected chi connectivity index (χ3v) is 8.95. The van der Waals surface area contributed by atoms with Crippen molar-refractivity contribution in [3.8, 4) is 12.3 Å². The first-order valence-corrected chi connectivity index (χ1v) is 19.4. The summed E-state index contributed by atoms with van der Waals surface area (Å²) in [5.41, 5.74) is 5.30. The van der Waals surface area contributed by atoms with Crippen molar-refractivity contribution in [1.29, 1.82) is 0 Å². The fraction of sp³-hybridized carbons (Fsp3) is 0.467. The van der Waals surface area contributed by atoms with E-state index in [0.29, 0.717) is 12.2 Å². The first kappa shape index (κ1) is 50.3. The monoisotopic (exact) mass is 732 g/mol. The molecule has 0 aliphatic carbocycles. The van der Waals surface area contributed by atoms with Gasteiger partial charge in [0, 0.05) is 43.0 Å². The average molecular weight is 732 g/mol. The summed E-state index contributed by atoms with van der Waals surface area (Å²) in [5.74, 6) is 3.27. The zero-order chi connectivity index (χ0) is 39.9. The van der Waals surface area contributed by atoms with Gasteiger partial charge in [-0.05, 0) is 81.4 Å². The summed E-state index contributed by atoms with van der Waals surface area (Å²) in [6.07, 6.45) is 22.2. The van der Waals surface area contributed by atoms with Gasteiger partial charge in [0.25, 0.3) is 0 Å². The highest BCUT2D eigenvalue weighted by Gasteiger charge is 2.14. The van der Waals surface area contributed by atoms with E-state index in [1.807, 2.05) is 58.7 Å². The van der Waals surface area contributed by atoms with Crippen molar-refractivity contribution in [2.75, 3.05) is 46.9 Å². The van der Waals surface area contributed by atoms with E-state index in [0.717, 1.165) is 44.9 Å². The van der Waals surface area contributed by atoms with Crippen molar-refractivity contribution in [2.24, 2.45) is 10.9 Å². The first-order chi connectivity index (χ1) is 25.1. The lowest BCUT2D eigenvalue weighted by molar-refractivity contribution is -0.135. The van der Waals surface area contributed by atoms with E-state index in [1.165, 1.54) is 45.3 Å². The van der Waals surface area contributed by atoms with Gasteiger partial charge in [0.05, 0.1) is 19.3 Å². The standard InChI is InChI=1S/C41H57N3O3S.2C2H6/c1-12-17-20-35(19-13-2)36-22-23-38(33(9)27-36)48-39(31(6)7)29-43-25-18-21-40(42-10)44(16-5)26-24-32(8)30-47-37(15-4)28-34(14-3)41(45)46-11;2*1-2/h4,12,14,17-23,27-28,32,37,43H,1,3,13,16,24-26,29-30H2,2,5-11H3;2*1-2H3/b20-17-,21-18-,34-28+,35-19+,42-40?;;. The molecule has 2 atom stereocenters. The van der Waals surface area contributed by atoms with Crippen LogP contribution < -0.4 is 5.32 Å². The lowest BCUT2D eigenvalue weighted by Gasteiger charge is -2.25. The molecule has 0 amide bonds. The van der Waals surface area contributed by atoms with Crippen LogP contribution in [0, 0.1) is 25.2 Å². The molecule has 0 spiro atoms. The van der Waals surface area contributed by atoms with Gasteiger partial charge in [0.1, 0.15) is 11.9 Å². The zero-order valence-corrected chi connectivity index (χ0v) is 35.3. The molecule has 0 aromatic heterocycles. The second kappa shape index (κ2) is 31.9. The summed E-state index contributed by atoms with van der Waals surface area (Å²) in [7, 11) is 3.15. The highest BCUT2D eigenvalue weighted by atomic mass is 32.2. The number of hydrogen-bond donors (Lipinski definition) is 1. The summed E-state index contributed by atoms with van der Waals surface area (Å²) in [6.45, 7) is 32.0. The predicted molar refractivity (Wildman–Crippen MR) is 231 cm³/mol. The van der Waals surface area contributed by atoms with Crippen molar-refractivity contribution >= 4 is 29.1 Å². The predicted octanol–water partition coefficient (Wildman–Crippen LogP) is 10.8. The molecule has 1 aromatic carbocycles. The summed E-state index contributed by atoms with van der Waals surface area (Å²) < 4.78 is 10.6. The fourth-order valence-corrected chi connectivity index (χ4v) is 5.63. The Morgan fingerprint density at radius 1 is 1.15 bits per heavy atom. The number of hydrogen-bond acceptors (Lipinski definition) is 6. The van der Waals surface area contributed by atoms with E-state index < -0.39 is 12.1 Å². The minimum absolute atomic E-state index is 0.251. The van der Waals surface area contributed by atoms with Gasteiger partial charge in [-0.25, -0.2) is 4.79 Å². The first-order valence-electron chi connectivity index (χ1n) is 18.6. The molecule has 0 radical (unpaired) electrons. The zero-order valence-electron chi connectivity index (χ0n) is 34.5. The third-order valence-electron chi connectivity index (χ3n) is 7.47. The lowest BCUT2D eigenvalue weighted by atomic mass is 10.0. The Morgan fingerprint density at radius 3 is 2.37 bits per heavy atom. The molecule has 1 aromatic rings. The van der Waals surface area contributed by atoms with Crippen LogP contribution in [-0.2, 0) is 14.3 Å². The van der Waals surface area contributed by atoms with Crippen molar-refractivity contribution in [3.63, 3.8) is 0 Å². The van der Waals surface area contributed by atoms with Crippen LogP contribution in [0.15, 0.2) is 106 Å². The Balaban J connectivity index is 0. The minimum atomic E-state index is -0.633. The Kier molecular flexibility index (Phi) is 30.8. The van der Waals surface area contributed by atoms with Gasteiger partial charge in [-0.15, -0.1) is 6.42 Å². The van der Waals surface area contributed by atoms with Gasteiger partial charge in [-0.1, -0.05) is 127 Å². The van der Waals surface area contributed by atoms with Crippen LogP contribution in [0.2, 0.25) is 0 Å². The quantitative estimate of drug-likeness (QED) is 0.0199. The van der Waals surface area contributed by atoms with E-state index in [1.54, 1.807) is 6.08 Å². The number of aliphatic imine (C=N–C) groups is 1. The van der Waals surface area contributed by atoms with Gasteiger partial charge in [-0.2, -0.15) is 0 Å². The van der Waals surface area contributed by atoms with Crippen LogP contribution in [0.1, 0.15) is 86.3 Å². The molecule has 0 aliphatic heterocycles. The van der Waals surface area contributed by atoms with Crippen molar-refractivity contribution < 1.29 is 14.3 Å². The second-order valence-electron chi connectivity index (χ2n) is 11.5. The second-order valence-corrected chi connectivity index (χ2v) is 12.6. The molecule has 0 heterocycles. The number of nitrogens with one attached hydrogen (secondary N) is 1. The van der Waals surface area contributed by atoms with Crippen LogP contribution in [0.25, 0.3) is 5.57 Å². The number of methoxy groups -OCH3 is 1. The van der Waals surface area contributed by atoms with Crippen LogP contribution in [0.5, 0.6) is 0 Å².